The average Bonchev–Trinajstić information content (AvgIpc) is 2.84. The maximum absolute atomic E-state index is 6.58. The lowest BCUT2D eigenvalue weighted by Crippen LogP contribution is -2.42. The maximum atomic E-state index is 6.58. The van der Waals surface area contributed by atoms with Gasteiger partial charge in [0.05, 0.1) is 0 Å². The van der Waals surface area contributed by atoms with E-state index in [1.165, 1.54) is 38.5 Å². The molecule has 2 aliphatic rings. The topological polar surface area (TPSA) is 26.0 Å². The fraction of sp³-hybridized carbons (Fsp3) is 0.571. The highest BCUT2D eigenvalue weighted by atomic mass is 14.8. The molecule has 0 amide bonds. The normalized spacial score (nSPS) is 27.9. The van der Waals surface area contributed by atoms with Gasteiger partial charge in [0.25, 0.3) is 0 Å². The molecule has 0 aromatic heterocycles. The SMILES string of the molecule is NC1(C2CCc3ccccc32)CCCC1. The Balaban J connectivity index is 1.96. The first-order valence-electron chi connectivity index (χ1n) is 6.16. The van der Waals surface area contributed by atoms with E-state index < -0.39 is 0 Å². The summed E-state index contributed by atoms with van der Waals surface area (Å²) in [5.41, 5.74) is 9.78. The summed E-state index contributed by atoms with van der Waals surface area (Å²) in [6.45, 7) is 0. The van der Waals surface area contributed by atoms with E-state index in [-0.39, 0.29) is 5.54 Å². The van der Waals surface area contributed by atoms with Gasteiger partial charge in [0.2, 0.25) is 0 Å². The van der Waals surface area contributed by atoms with Gasteiger partial charge in [-0.3, -0.25) is 0 Å². The van der Waals surface area contributed by atoms with Crippen LogP contribution in [0.1, 0.15) is 49.1 Å². The summed E-state index contributed by atoms with van der Waals surface area (Å²) in [5, 5.41) is 0. The Morgan fingerprint density at radius 1 is 1.13 bits per heavy atom. The second kappa shape index (κ2) is 3.34. The molecule has 0 aliphatic heterocycles. The van der Waals surface area contributed by atoms with Crippen molar-refractivity contribution in [2.75, 3.05) is 0 Å². The van der Waals surface area contributed by atoms with Gasteiger partial charge in [-0.15, -0.1) is 0 Å². The highest BCUT2D eigenvalue weighted by molar-refractivity contribution is 5.37. The van der Waals surface area contributed by atoms with E-state index in [4.69, 9.17) is 5.73 Å². The Morgan fingerprint density at radius 2 is 1.87 bits per heavy atom. The molecule has 0 bridgehead atoms. The zero-order chi connectivity index (χ0) is 10.3. The Bertz CT molecular complexity index is 363. The molecule has 80 valence electrons. The lowest BCUT2D eigenvalue weighted by Gasteiger charge is -2.31. The van der Waals surface area contributed by atoms with Gasteiger partial charge in [0.1, 0.15) is 0 Å². The minimum absolute atomic E-state index is 0.118. The van der Waals surface area contributed by atoms with Crippen LogP contribution in [-0.4, -0.2) is 5.54 Å². The van der Waals surface area contributed by atoms with Crippen LogP contribution in [0.15, 0.2) is 24.3 Å². The predicted octanol–water partition coefficient (Wildman–Crippen LogP) is 2.99. The molecular weight excluding hydrogens is 182 g/mol. The molecule has 1 heteroatoms. The molecule has 1 fully saturated rings. The summed E-state index contributed by atoms with van der Waals surface area (Å²) >= 11 is 0. The molecule has 15 heavy (non-hydrogen) atoms. The third kappa shape index (κ3) is 1.41. The largest absolute Gasteiger partial charge is 0.325 e. The van der Waals surface area contributed by atoms with Crippen molar-refractivity contribution in [1.82, 2.24) is 0 Å². The molecule has 2 N–H and O–H groups in total. The van der Waals surface area contributed by atoms with Crippen molar-refractivity contribution in [3.05, 3.63) is 35.4 Å². The van der Waals surface area contributed by atoms with Crippen LogP contribution in [0.5, 0.6) is 0 Å². The third-order valence-electron chi connectivity index (χ3n) is 4.36. The highest BCUT2D eigenvalue weighted by Crippen LogP contribution is 2.46. The van der Waals surface area contributed by atoms with Crippen molar-refractivity contribution in [3.8, 4) is 0 Å². The van der Waals surface area contributed by atoms with Gasteiger partial charge in [-0.1, -0.05) is 37.1 Å². The van der Waals surface area contributed by atoms with Crippen molar-refractivity contribution in [2.45, 2.75) is 50.0 Å². The lowest BCUT2D eigenvalue weighted by molar-refractivity contribution is 0.350. The van der Waals surface area contributed by atoms with Gasteiger partial charge < -0.3 is 5.73 Å². The van der Waals surface area contributed by atoms with Crippen LogP contribution in [0.2, 0.25) is 0 Å². The molecule has 1 aromatic rings. The van der Waals surface area contributed by atoms with Gasteiger partial charge in [-0.05, 0) is 36.8 Å². The number of rotatable bonds is 1. The Hall–Kier alpha value is -0.820. The summed E-state index contributed by atoms with van der Waals surface area (Å²) in [6, 6.07) is 8.88. The number of aryl methyl sites for hydroxylation is 1. The van der Waals surface area contributed by atoms with Gasteiger partial charge in [-0.25, -0.2) is 0 Å². The standard InChI is InChI=1S/C14H19N/c15-14(9-3-4-10-14)13-8-7-11-5-1-2-6-12(11)13/h1-2,5-6,13H,3-4,7-10,15H2. The number of benzene rings is 1. The van der Waals surface area contributed by atoms with Crippen LogP contribution in [-0.2, 0) is 6.42 Å². The molecule has 0 radical (unpaired) electrons. The first-order valence-corrected chi connectivity index (χ1v) is 6.16. The third-order valence-corrected chi connectivity index (χ3v) is 4.36. The van der Waals surface area contributed by atoms with Crippen molar-refractivity contribution in [2.24, 2.45) is 5.73 Å². The lowest BCUT2D eigenvalue weighted by atomic mass is 9.79. The summed E-state index contributed by atoms with van der Waals surface area (Å²) in [5.74, 6) is 0.635. The molecule has 1 aromatic carbocycles. The van der Waals surface area contributed by atoms with Crippen LogP contribution < -0.4 is 5.73 Å². The zero-order valence-corrected chi connectivity index (χ0v) is 9.21. The first-order chi connectivity index (χ1) is 7.30. The molecule has 0 heterocycles. The Morgan fingerprint density at radius 3 is 2.67 bits per heavy atom. The smallest absolute Gasteiger partial charge is 0.0223 e. The van der Waals surface area contributed by atoms with Crippen molar-refractivity contribution >= 4 is 0 Å². The highest BCUT2D eigenvalue weighted by Gasteiger charge is 2.41. The first kappa shape index (κ1) is 9.41. The van der Waals surface area contributed by atoms with Gasteiger partial charge in [0, 0.05) is 11.5 Å². The van der Waals surface area contributed by atoms with Gasteiger partial charge in [-0.2, -0.15) is 0 Å². The molecule has 3 rings (SSSR count). The molecule has 0 spiro atoms. The molecule has 1 unspecified atom stereocenters. The summed E-state index contributed by atoms with van der Waals surface area (Å²) < 4.78 is 0. The minimum Gasteiger partial charge on any atom is -0.325 e. The number of hydrogen-bond acceptors (Lipinski definition) is 1. The van der Waals surface area contributed by atoms with Crippen LogP contribution in [0.25, 0.3) is 0 Å². The van der Waals surface area contributed by atoms with E-state index in [0.29, 0.717) is 5.92 Å². The molecule has 2 aliphatic carbocycles. The van der Waals surface area contributed by atoms with E-state index in [1.807, 2.05) is 0 Å². The molecular formula is C14H19N. The van der Waals surface area contributed by atoms with Gasteiger partial charge >= 0.3 is 0 Å². The maximum Gasteiger partial charge on any atom is 0.0223 e. The summed E-state index contributed by atoms with van der Waals surface area (Å²) in [6.07, 6.45) is 7.62. The van der Waals surface area contributed by atoms with Crippen molar-refractivity contribution in [3.63, 3.8) is 0 Å². The second-order valence-corrected chi connectivity index (χ2v) is 5.23. The summed E-state index contributed by atoms with van der Waals surface area (Å²) in [4.78, 5) is 0. The van der Waals surface area contributed by atoms with E-state index in [9.17, 15) is 0 Å². The van der Waals surface area contributed by atoms with E-state index in [1.54, 1.807) is 11.1 Å². The van der Waals surface area contributed by atoms with Crippen molar-refractivity contribution in [1.29, 1.82) is 0 Å². The van der Waals surface area contributed by atoms with E-state index >= 15 is 0 Å². The fourth-order valence-corrected chi connectivity index (χ4v) is 3.54. The minimum atomic E-state index is 0.118. The Kier molecular flexibility index (Phi) is 2.10. The molecule has 1 saturated carbocycles. The number of fused-ring (bicyclic) bond motifs is 1. The van der Waals surface area contributed by atoms with Crippen LogP contribution in [0, 0.1) is 0 Å². The van der Waals surface area contributed by atoms with E-state index in [2.05, 4.69) is 24.3 Å². The molecule has 0 saturated heterocycles. The van der Waals surface area contributed by atoms with Gasteiger partial charge in [0.15, 0.2) is 0 Å². The zero-order valence-electron chi connectivity index (χ0n) is 9.21. The number of nitrogens with two attached hydrogens (primary N) is 1. The Labute approximate surface area is 91.7 Å². The quantitative estimate of drug-likeness (QED) is 0.742. The molecule has 1 nitrogen and oxygen atoms in total. The summed E-state index contributed by atoms with van der Waals surface area (Å²) in [7, 11) is 0. The monoisotopic (exact) mass is 201 g/mol. The average molecular weight is 201 g/mol. The van der Waals surface area contributed by atoms with Crippen LogP contribution in [0.4, 0.5) is 0 Å². The number of hydrogen-bond donors (Lipinski definition) is 1. The van der Waals surface area contributed by atoms with Crippen LogP contribution in [0.3, 0.4) is 0 Å². The molecule has 1 atom stereocenters. The van der Waals surface area contributed by atoms with E-state index in [0.717, 1.165) is 0 Å². The fourth-order valence-electron chi connectivity index (χ4n) is 3.54. The van der Waals surface area contributed by atoms with Crippen LogP contribution >= 0.6 is 0 Å². The predicted molar refractivity (Wildman–Crippen MR) is 62.9 cm³/mol. The van der Waals surface area contributed by atoms with Crippen molar-refractivity contribution < 1.29 is 0 Å². The second-order valence-electron chi connectivity index (χ2n) is 5.23.